The molecule has 0 aromatic carbocycles. The molecule has 2 aromatic heterocycles. The maximum atomic E-state index is 9.08. The summed E-state index contributed by atoms with van der Waals surface area (Å²) in [5.41, 5.74) is 6.67. The molecule has 3 N–H and O–H groups in total. The Kier molecular flexibility index (Phi) is 2.77. The molecule has 2 unspecified atom stereocenters. The topological polar surface area (TPSA) is 123 Å². The van der Waals surface area contributed by atoms with E-state index in [1.165, 1.54) is 0 Å². The molecule has 19 heavy (non-hydrogen) atoms. The quantitative estimate of drug-likeness (QED) is 0.775. The zero-order valence-electron chi connectivity index (χ0n) is 10.0. The summed E-state index contributed by atoms with van der Waals surface area (Å²) in [4.78, 5) is 12.1. The molecular formula is C11H12N6O2. The number of hydrogen-bond acceptors (Lipinski definition) is 7. The van der Waals surface area contributed by atoms with Crippen LogP contribution in [0.1, 0.15) is 24.9 Å². The smallest absolute Gasteiger partial charge is 0.236 e. The van der Waals surface area contributed by atoms with Gasteiger partial charge in [0.1, 0.15) is 17.8 Å². The molecule has 2 atom stereocenters. The second kappa shape index (κ2) is 4.46. The van der Waals surface area contributed by atoms with Crippen LogP contribution in [0.25, 0.3) is 11.2 Å². The third-order valence-electron chi connectivity index (χ3n) is 3.15. The van der Waals surface area contributed by atoms with Gasteiger partial charge in [-0.1, -0.05) is 0 Å². The van der Waals surface area contributed by atoms with Crippen molar-refractivity contribution in [1.29, 1.82) is 5.26 Å². The summed E-state index contributed by atoms with van der Waals surface area (Å²) < 4.78 is 7.39. The summed E-state index contributed by atoms with van der Waals surface area (Å²) in [5.74, 6) is 0.181. The second-order valence-electron chi connectivity index (χ2n) is 4.34. The van der Waals surface area contributed by atoms with Crippen LogP contribution in [0.3, 0.4) is 0 Å². The van der Waals surface area contributed by atoms with Crippen molar-refractivity contribution in [3.63, 3.8) is 0 Å². The standard InChI is InChI=1S/C11H12N6O2/c12-3-7-15-10(13)9-11(16-7)17(5-14-9)8-2-1-6(4-18)19-8/h5-6,8,18H,1-2,4H2,(H2,13,15,16). The SMILES string of the molecule is N#Cc1nc(N)c2ncn(C3CCC(CO)O3)c2n1. The number of anilines is 1. The molecule has 2 aromatic rings. The molecule has 0 radical (unpaired) electrons. The van der Waals surface area contributed by atoms with Crippen molar-refractivity contribution in [3.05, 3.63) is 12.2 Å². The zero-order chi connectivity index (χ0) is 13.4. The van der Waals surface area contributed by atoms with E-state index in [1.54, 1.807) is 10.9 Å². The van der Waals surface area contributed by atoms with Crippen LogP contribution in [0, 0.1) is 11.3 Å². The molecule has 1 saturated heterocycles. The molecule has 98 valence electrons. The largest absolute Gasteiger partial charge is 0.394 e. The Bertz CT molecular complexity index is 661. The van der Waals surface area contributed by atoms with Gasteiger partial charge in [0, 0.05) is 0 Å². The lowest BCUT2D eigenvalue weighted by Gasteiger charge is -2.13. The number of fused-ring (bicyclic) bond motifs is 1. The first-order valence-corrected chi connectivity index (χ1v) is 5.89. The van der Waals surface area contributed by atoms with Gasteiger partial charge in [0.25, 0.3) is 0 Å². The van der Waals surface area contributed by atoms with Gasteiger partial charge in [-0.2, -0.15) is 15.2 Å². The van der Waals surface area contributed by atoms with E-state index in [-0.39, 0.29) is 30.6 Å². The van der Waals surface area contributed by atoms with Gasteiger partial charge in [0.2, 0.25) is 5.82 Å². The average molecular weight is 260 g/mol. The van der Waals surface area contributed by atoms with Crippen LogP contribution in [0.15, 0.2) is 6.33 Å². The Morgan fingerprint density at radius 3 is 3.05 bits per heavy atom. The monoisotopic (exact) mass is 260 g/mol. The molecule has 0 bridgehead atoms. The Morgan fingerprint density at radius 1 is 1.53 bits per heavy atom. The lowest BCUT2D eigenvalue weighted by atomic mass is 10.2. The van der Waals surface area contributed by atoms with Gasteiger partial charge in [-0.15, -0.1) is 0 Å². The summed E-state index contributed by atoms with van der Waals surface area (Å²) in [6.07, 6.45) is 2.68. The first kappa shape index (κ1) is 11.8. The Hall–Kier alpha value is -2.24. The highest BCUT2D eigenvalue weighted by Crippen LogP contribution is 2.30. The van der Waals surface area contributed by atoms with E-state index < -0.39 is 0 Å². The van der Waals surface area contributed by atoms with Crippen molar-refractivity contribution in [2.45, 2.75) is 25.2 Å². The van der Waals surface area contributed by atoms with Crippen LogP contribution in [-0.4, -0.2) is 37.3 Å². The molecule has 3 rings (SSSR count). The Balaban J connectivity index is 2.05. The van der Waals surface area contributed by atoms with Crippen LogP contribution in [0.2, 0.25) is 0 Å². The van der Waals surface area contributed by atoms with Crippen LogP contribution in [0.5, 0.6) is 0 Å². The molecule has 0 amide bonds. The van der Waals surface area contributed by atoms with Crippen molar-refractivity contribution < 1.29 is 9.84 Å². The summed E-state index contributed by atoms with van der Waals surface area (Å²) in [6.45, 7) is -0.0102. The third-order valence-corrected chi connectivity index (χ3v) is 3.15. The van der Waals surface area contributed by atoms with Crippen molar-refractivity contribution in [1.82, 2.24) is 19.5 Å². The molecule has 0 saturated carbocycles. The van der Waals surface area contributed by atoms with Crippen molar-refractivity contribution in [3.8, 4) is 6.07 Å². The molecule has 1 aliphatic heterocycles. The average Bonchev–Trinajstić information content (AvgIpc) is 3.04. The molecule has 8 nitrogen and oxygen atoms in total. The van der Waals surface area contributed by atoms with E-state index >= 15 is 0 Å². The van der Waals surface area contributed by atoms with E-state index in [1.807, 2.05) is 6.07 Å². The van der Waals surface area contributed by atoms with E-state index in [4.69, 9.17) is 20.8 Å². The number of rotatable bonds is 2. The first-order valence-electron chi connectivity index (χ1n) is 5.89. The van der Waals surface area contributed by atoms with Gasteiger partial charge in [-0.25, -0.2) is 4.98 Å². The number of nitriles is 1. The Morgan fingerprint density at radius 2 is 2.37 bits per heavy atom. The zero-order valence-corrected chi connectivity index (χ0v) is 10.0. The van der Waals surface area contributed by atoms with Crippen LogP contribution >= 0.6 is 0 Å². The minimum atomic E-state index is -0.247. The highest BCUT2D eigenvalue weighted by atomic mass is 16.5. The van der Waals surface area contributed by atoms with Crippen LogP contribution in [-0.2, 0) is 4.74 Å². The number of nitrogen functional groups attached to an aromatic ring is 1. The normalized spacial score (nSPS) is 22.7. The fourth-order valence-corrected chi connectivity index (χ4v) is 2.22. The van der Waals surface area contributed by atoms with Gasteiger partial charge < -0.3 is 15.6 Å². The molecule has 1 aliphatic rings. The van der Waals surface area contributed by atoms with E-state index in [0.29, 0.717) is 11.2 Å². The van der Waals surface area contributed by atoms with Gasteiger partial charge in [-0.05, 0) is 12.8 Å². The number of aromatic nitrogens is 4. The van der Waals surface area contributed by atoms with Crippen molar-refractivity contribution in [2.24, 2.45) is 0 Å². The summed E-state index contributed by atoms with van der Waals surface area (Å²) in [5, 5.41) is 18.0. The first-order chi connectivity index (χ1) is 9.22. The second-order valence-corrected chi connectivity index (χ2v) is 4.34. The predicted molar refractivity (Wildman–Crippen MR) is 64.7 cm³/mol. The maximum absolute atomic E-state index is 9.08. The number of imidazole rings is 1. The number of hydrogen-bond donors (Lipinski definition) is 2. The number of aliphatic hydroxyl groups excluding tert-OH is 1. The number of nitrogens with two attached hydrogens (primary N) is 1. The van der Waals surface area contributed by atoms with Crippen LogP contribution in [0.4, 0.5) is 5.82 Å². The van der Waals surface area contributed by atoms with Crippen molar-refractivity contribution >= 4 is 17.0 Å². The highest BCUT2D eigenvalue weighted by molar-refractivity contribution is 5.81. The fraction of sp³-hybridized carbons (Fsp3) is 0.455. The van der Waals surface area contributed by atoms with Crippen molar-refractivity contribution in [2.75, 3.05) is 12.3 Å². The molecular weight excluding hydrogens is 248 g/mol. The molecule has 1 fully saturated rings. The number of nitrogens with zero attached hydrogens (tertiary/aromatic N) is 5. The fourth-order valence-electron chi connectivity index (χ4n) is 2.22. The number of ether oxygens (including phenoxy) is 1. The summed E-state index contributed by atoms with van der Waals surface area (Å²) in [6, 6.07) is 1.86. The van der Waals surface area contributed by atoms with Gasteiger partial charge in [-0.3, -0.25) is 4.57 Å². The highest BCUT2D eigenvalue weighted by Gasteiger charge is 2.27. The Labute approximate surface area is 108 Å². The lowest BCUT2D eigenvalue weighted by Crippen LogP contribution is -2.14. The van der Waals surface area contributed by atoms with E-state index in [2.05, 4.69) is 15.0 Å². The lowest BCUT2D eigenvalue weighted by molar-refractivity contribution is -0.0207. The van der Waals surface area contributed by atoms with Gasteiger partial charge in [0.15, 0.2) is 11.5 Å². The number of aliphatic hydroxyl groups is 1. The van der Waals surface area contributed by atoms with Gasteiger partial charge >= 0.3 is 0 Å². The minimum Gasteiger partial charge on any atom is -0.394 e. The molecule has 0 aliphatic carbocycles. The molecule has 0 spiro atoms. The maximum Gasteiger partial charge on any atom is 0.236 e. The summed E-state index contributed by atoms with van der Waals surface area (Å²) in [7, 11) is 0. The predicted octanol–water partition coefficient (Wildman–Crippen LogP) is -0.0499. The van der Waals surface area contributed by atoms with E-state index in [9.17, 15) is 0 Å². The molecule has 8 heteroatoms. The third kappa shape index (κ3) is 1.89. The van der Waals surface area contributed by atoms with Crippen LogP contribution < -0.4 is 5.73 Å². The minimum absolute atomic E-state index is 0.00320. The molecule has 3 heterocycles. The summed E-state index contributed by atoms with van der Waals surface area (Å²) >= 11 is 0. The van der Waals surface area contributed by atoms with Gasteiger partial charge in [0.05, 0.1) is 19.0 Å². The van der Waals surface area contributed by atoms with E-state index in [0.717, 1.165) is 12.8 Å².